The summed E-state index contributed by atoms with van der Waals surface area (Å²) in [6.07, 6.45) is 0.00954. The van der Waals surface area contributed by atoms with E-state index in [1.165, 1.54) is 29.2 Å². The molecule has 3 aromatic heterocycles. The lowest BCUT2D eigenvalue weighted by Gasteiger charge is -2.13. The molecular formula is C19H10ClF3N4. The zero-order valence-corrected chi connectivity index (χ0v) is 14.4. The maximum absolute atomic E-state index is 13.3. The summed E-state index contributed by atoms with van der Waals surface area (Å²) in [4.78, 5) is 11.2. The molecular weight excluding hydrogens is 377 g/mol. The van der Waals surface area contributed by atoms with E-state index < -0.39 is 12.7 Å². The Balaban J connectivity index is 2.11. The summed E-state index contributed by atoms with van der Waals surface area (Å²) in [6.45, 7) is 5.84. The summed E-state index contributed by atoms with van der Waals surface area (Å²) >= 11 is 6.26. The molecule has 0 aliphatic carbocycles. The van der Waals surface area contributed by atoms with E-state index in [9.17, 15) is 13.2 Å². The van der Waals surface area contributed by atoms with Crippen LogP contribution in [-0.2, 0) is 6.54 Å². The maximum Gasteiger partial charge on any atom is 0.406 e. The van der Waals surface area contributed by atoms with Crippen LogP contribution in [0.1, 0.15) is 0 Å². The lowest BCUT2D eigenvalue weighted by Crippen LogP contribution is -2.17. The van der Waals surface area contributed by atoms with Gasteiger partial charge < -0.3 is 9.41 Å². The van der Waals surface area contributed by atoms with Crippen molar-refractivity contribution in [1.29, 1.82) is 0 Å². The van der Waals surface area contributed by atoms with E-state index in [-0.39, 0.29) is 5.82 Å². The average molecular weight is 387 g/mol. The number of fused-ring (bicyclic) bond motifs is 3. The molecule has 8 heteroatoms. The van der Waals surface area contributed by atoms with Crippen molar-refractivity contribution in [1.82, 2.24) is 14.5 Å². The van der Waals surface area contributed by atoms with E-state index in [0.717, 1.165) is 0 Å². The Morgan fingerprint density at radius 3 is 2.59 bits per heavy atom. The molecule has 0 bridgehead atoms. The smallest absolute Gasteiger partial charge is 0.361 e. The highest BCUT2D eigenvalue weighted by atomic mass is 35.5. The molecule has 134 valence electrons. The number of nitrogens with zero attached hydrogens (tertiary/aromatic N) is 4. The van der Waals surface area contributed by atoms with Gasteiger partial charge in [0.1, 0.15) is 12.7 Å². The van der Waals surface area contributed by atoms with Crippen LogP contribution in [0.15, 0.2) is 48.9 Å². The number of aromatic nitrogens is 3. The minimum atomic E-state index is -4.40. The molecule has 0 N–H and O–H groups in total. The molecule has 0 radical (unpaired) electrons. The van der Waals surface area contributed by atoms with Crippen LogP contribution in [-0.4, -0.2) is 20.7 Å². The number of pyridine rings is 2. The van der Waals surface area contributed by atoms with Crippen molar-refractivity contribution >= 4 is 39.2 Å². The highest BCUT2D eigenvalue weighted by Crippen LogP contribution is 2.39. The fourth-order valence-corrected chi connectivity index (χ4v) is 3.44. The average Bonchev–Trinajstić information content (AvgIpc) is 2.94. The third-order valence-corrected chi connectivity index (χ3v) is 4.45. The lowest BCUT2D eigenvalue weighted by molar-refractivity contribution is -0.139. The Morgan fingerprint density at radius 2 is 1.93 bits per heavy atom. The first-order valence-corrected chi connectivity index (χ1v) is 8.21. The maximum atomic E-state index is 13.3. The summed E-state index contributed by atoms with van der Waals surface area (Å²) < 4.78 is 41.0. The first-order chi connectivity index (χ1) is 12.9. The van der Waals surface area contributed by atoms with Crippen LogP contribution in [0.5, 0.6) is 0 Å². The Hall–Kier alpha value is -3.11. The second-order valence-corrected chi connectivity index (χ2v) is 6.40. The van der Waals surface area contributed by atoms with Gasteiger partial charge >= 0.3 is 6.18 Å². The molecule has 0 aliphatic rings. The van der Waals surface area contributed by atoms with E-state index in [2.05, 4.69) is 14.8 Å². The standard InChI is InChI=1S/C19H10ClF3N4/c1-24-17-3-2-11(8-26-17)14-6-12(20)7-15-13-4-5-25-9-16(13)27(18(14)15)10-19(21,22)23/h2-9H,10H2. The minimum Gasteiger partial charge on any atom is -0.361 e. The van der Waals surface area contributed by atoms with Gasteiger partial charge in [-0.15, -0.1) is 4.98 Å². The van der Waals surface area contributed by atoms with Gasteiger partial charge in [0.05, 0.1) is 17.2 Å². The lowest BCUT2D eigenvalue weighted by atomic mass is 10.0. The third kappa shape index (κ3) is 3.09. The van der Waals surface area contributed by atoms with Crippen molar-refractivity contribution in [2.24, 2.45) is 0 Å². The van der Waals surface area contributed by atoms with Crippen molar-refractivity contribution in [3.05, 3.63) is 65.4 Å². The summed E-state index contributed by atoms with van der Waals surface area (Å²) in [5, 5.41) is 1.64. The van der Waals surface area contributed by atoms with Crippen molar-refractivity contribution in [2.45, 2.75) is 12.7 Å². The van der Waals surface area contributed by atoms with Crippen LogP contribution in [0, 0.1) is 6.57 Å². The van der Waals surface area contributed by atoms with E-state index in [0.29, 0.717) is 38.0 Å². The van der Waals surface area contributed by atoms with Gasteiger partial charge in [-0.3, -0.25) is 4.98 Å². The fourth-order valence-electron chi connectivity index (χ4n) is 3.22. The van der Waals surface area contributed by atoms with Gasteiger partial charge in [0.15, 0.2) is 0 Å². The quantitative estimate of drug-likeness (QED) is 0.395. The van der Waals surface area contributed by atoms with Gasteiger partial charge in [0.2, 0.25) is 0 Å². The molecule has 27 heavy (non-hydrogen) atoms. The number of halogens is 4. The van der Waals surface area contributed by atoms with E-state index in [1.807, 2.05) is 0 Å². The van der Waals surface area contributed by atoms with Crippen molar-refractivity contribution in [2.75, 3.05) is 0 Å². The minimum absolute atomic E-state index is 0.206. The Labute approximate surface area is 156 Å². The SMILES string of the molecule is [C-]#[N+]c1ccc(-c2cc(Cl)cc3c4ccncc4n(CC(F)(F)F)c23)cn1. The number of benzene rings is 1. The Kier molecular flexibility index (Phi) is 4.01. The Bertz CT molecular complexity index is 1200. The van der Waals surface area contributed by atoms with Crippen molar-refractivity contribution < 1.29 is 13.2 Å². The second kappa shape index (κ2) is 6.25. The fraction of sp³-hybridized carbons (Fsp3) is 0.105. The van der Waals surface area contributed by atoms with Gasteiger partial charge in [0, 0.05) is 33.1 Å². The van der Waals surface area contributed by atoms with Crippen LogP contribution < -0.4 is 0 Å². The normalized spacial score (nSPS) is 11.8. The second-order valence-electron chi connectivity index (χ2n) is 5.96. The molecule has 0 fully saturated rings. The molecule has 0 saturated carbocycles. The largest absolute Gasteiger partial charge is 0.406 e. The molecule has 3 heterocycles. The molecule has 0 amide bonds. The molecule has 4 rings (SSSR count). The number of alkyl halides is 3. The summed E-state index contributed by atoms with van der Waals surface area (Å²) in [7, 11) is 0. The van der Waals surface area contributed by atoms with Gasteiger partial charge in [-0.2, -0.15) is 13.2 Å². The number of rotatable bonds is 2. The van der Waals surface area contributed by atoms with Gasteiger partial charge in [0.25, 0.3) is 5.82 Å². The molecule has 0 atom stereocenters. The Morgan fingerprint density at radius 1 is 1.11 bits per heavy atom. The van der Waals surface area contributed by atoms with E-state index in [4.69, 9.17) is 18.2 Å². The summed E-state index contributed by atoms with van der Waals surface area (Å²) in [5.41, 5.74) is 1.87. The zero-order chi connectivity index (χ0) is 19.2. The summed E-state index contributed by atoms with van der Waals surface area (Å²) in [6, 6.07) is 8.10. The van der Waals surface area contributed by atoms with Crippen LogP contribution in [0.4, 0.5) is 19.0 Å². The van der Waals surface area contributed by atoms with Gasteiger partial charge in [-0.25, -0.2) is 0 Å². The highest BCUT2D eigenvalue weighted by Gasteiger charge is 2.30. The van der Waals surface area contributed by atoms with E-state index in [1.54, 1.807) is 24.3 Å². The molecule has 0 unspecified atom stereocenters. The predicted octanol–water partition coefficient (Wildman–Crippen LogP) is 6.02. The first kappa shape index (κ1) is 17.3. The zero-order valence-electron chi connectivity index (χ0n) is 13.6. The molecule has 4 aromatic rings. The number of hydrogen-bond donors (Lipinski definition) is 0. The predicted molar refractivity (Wildman–Crippen MR) is 97.8 cm³/mol. The molecule has 4 nitrogen and oxygen atoms in total. The van der Waals surface area contributed by atoms with Crippen LogP contribution in [0.2, 0.25) is 5.02 Å². The number of hydrogen-bond acceptors (Lipinski definition) is 2. The highest BCUT2D eigenvalue weighted by molar-refractivity contribution is 6.32. The van der Waals surface area contributed by atoms with E-state index >= 15 is 0 Å². The monoisotopic (exact) mass is 386 g/mol. The van der Waals surface area contributed by atoms with Crippen LogP contribution in [0.3, 0.4) is 0 Å². The van der Waals surface area contributed by atoms with Crippen LogP contribution >= 0.6 is 11.6 Å². The molecule has 0 saturated heterocycles. The first-order valence-electron chi connectivity index (χ1n) is 7.83. The molecule has 0 aliphatic heterocycles. The summed E-state index contributed by atoms with van der Waals surface area (Å²) in [5.74, 6) is 0.206. The van der Waals surface area contributed by atoms with Crippen molar-refractivity contribution in [3.63, 3.8) is 0 Å². The van der Waals surface area contributed by atoms with Crippen molar-refractivity contribution in [3.8, 4) is 11.1 Å². The van der Waals surface area contributed by atoms with Gasteiger partial charge in [-0.05, 0) is 24.3 Å². The van der Waals surface area contributed by atoms with Gasteiger partial charge in [-0.1, -0.05) is 24.2 Å². The molecule has 0 spiro atoms. The topological polar surface area (TPSA) is 35.1 Å². The molecule has 1 aromatic carbocycles. The van der Waals surface area contributed by atoms with Crippen LogP contribution in [0.25, 0.3) is 37.8 Å². The third-order valence-electron chi connectivity index (χ3n) is 4.24.